The molecule has 2 N–H and O–H groups in total. The molecule has 0 bridgehead atoms. The number of carbonyl (C=O) groups excluding carboxylic acids is 3. The van der Waals surface area contributed by atoms with Crippen molar-refractivity contribution in [3.8, 4) is 11.3 Å². The van der Waals surface area contributed by atoms with Crippen LogP contribution in [-0.2, 0) is 27.2 Å². The maximum Gasteiger partial charge on any atom is 0.247 e. The minimum absolute atomic E-state index is 0.0144. The topological polar surface area (TPSA) is 82.3 Å². The van der Waals surface area contributed by atoms with Crippen molar-refractivity contribution in [1.82, 2.24) is 9.88 Å². The van der Waals surface area contributed by atoms with Crippen LogP contribution in [0.4, 0.5) is 5.69 Å². The van der Waals surface area contributed by atoms with Crippen LogP contribution in [0.1, 0.15) is 30.9 Å². The highest BCUT2D eigenvalue weighted by molar-refractivity contribution is 5.98. The third-order valence-corrected chi connectivity index (χ3v) is 6.68. The minimum Gasteiger partial charge on any atom is -0.355 e. The number of ketones is 1. The van der Waals surface area contributed by atoms with Crippen LogP contribution in [0.25, 0.3) is 22.2 Å². The number of fused-ring (bicyclic) bond motifs is 1. The minimum atomic E-state index is -0.446. The van der Waals surface area contributed by atoms with Gasteiger partial charge >= 0.3 is 0 Å². The lowest BCUT2D eigenvalue weighted by Gasteiger charge is -2.24. The molecule has 0 radical (unpaired) electrons. The zero-order valence-electron chi connectivity index (χ0n) is 20.3. The zero-order valence-corrected chi connectivity index (χ0v) is 20.3. The van der Waals surface area contributed by atoms with Crippen molar-refractivity contribution in [1.29, 1.82) is 0 Å². The van der Waals surface area contributed by atoms with Crippen molar-refractivity contribution in [3.63, 3.8) is 0 Å². The van der Waals surface area contributed by atoms with E-state index in [2.05, 4.69) is 16.4 Å². The van der Waals surface area contributed by atoms with Crippen LogP contribution in [0, 0.1) is 0 Å². The predicted octanol–water partition coefficient (Wildman–Crippen LogP) is 5.14. The van der Waals surface area contributed by atoms with Crippen LogP contribution in [0.15, 0.2) is 78.9 Å². The van der Waals surface area contributed by atoms with E-state index in [0.717, 1.165) is 39.7 Å². The van der Waals surface area contributed by atoms with Crippen LogP contribution in [0.3, 0.4) is 0 Å². The third-order valence-electron chi connectivity index (χ3n) is 6.68. The molecule has 3 aromatic carbocycles. The van der Waals surface area contributed by atoms with Crippen molar-refractivity contribution >= 4 is 34.2 Å². The Kier molecular flexibility index (Phi) is 6.67. The molecule has 182 valence electrons. The summed E-state index contributed by atoms with van der Waals surface area (Å²) in [5.74, 6) is -0.0197. The lowest BCUT2D eigenvalue weighted by Crippen LogP contribution is -2.43. The number of hydrogen-bond donors (Lipinski definition) is 2. The first kappa shape index (κ1) is 23.5. The van der Waals surface area contributed by atoms with Crippen LogP contribution in [-0.4, -0.2) is 40.1 Å². The van der Waals surface area contributed by atoms with E-state index in [1.807, 2.05) is 72.8 Å². The fraction of sp³-hybridized carbons (Fsp3) is 0.233. The van der Waals surface area contributed by atoms with Gasteiger partial charge in [-0.25, -0.2) is 0 Å². The number of Topliss-reactive ketones (excluding diaryl/α,β-unsaturated/α-hetero) is 1. The molecule has 1 saturated heterocycles. The highest BCUT2D eigenvalue weighted by Gasteiger charge is 2.33. The number of nitrogens with zero attached hydrogens (tertiary/aromatic N) is 1. The quantitative estimate of drug-likeness (QED) is 0.385. The van der Waals surface area contributed by atoms with Crippen molar-refractivity contribution in [2.45, 2.75) is 38.6 Å². The number of amides is 2. The van der Waals surface area contributed by atoms with Gasteiger partial charge in [0.15, 0.2) is 0 Å². The van der Waals surface area contributed by atoms with Gasteiger partial charge in [-0.3, -0.25) is 14.4 Å². The Morgan fingerprint density at radius 3 is 2.44 bits per heavy atom. The number of aromatic nitrogens is 1. The molecule has 4 aromatic rings. The largest absolute Gasteiger partial charge is 0.355 e. The first-order valence-electron chi connectivity index (χ1n) is 12.3. The van der Waals surface area contributed by atoms with Crippen molar-refractivity contribution in [3.05, 3.63) is 90.0 Å². The molecule has 5 rings (SSSR count). The Balaban J connectivity index is 1.25. The van der Waals surface area contributed by atoms with Gasteiger partial charge in [0.1, 0.15) is 11.8 Å². The molecule has 2 heterocycles. The van der Waals surface area contributed by atoms with Gasteiger partial charge in [-0.1, -0.05) is 48.5 Å². The summed E-state index contributed by atoms with van der Waals surface area (Å²) in [4.78, 5) is 42.5. The van der Waals surface area contributed by atoms with E-state index in [0.29, 0.717) is 31.5 Å². The number of likely N-dealkylation sites (tertiary alicyclic amines) is 1. The molecule has 36 heavy (non-hydrogen) atoms. The zero-order chi connectivity index (χ0) is 25.1. The number of rotatable bonds is 7. The van der Waals surface area contributed by atoms with E-state index >= 15 is 0 Å². The Labute approximate surface area is 210 Å². The van der Waals surface area contributed by atoms with Gasteiger partial charge in [0.25, 0.3) is 0 Å². The Hall–Kier alpha value is -4.19. The summed E-state index contributed by atoms with van der Waals surface area (Å²) in [5.41, 5.74) is 5.63. The number of carbonyl (C=O) groups is 3. The second-order valence-corrected chi connectivity index (χ2v) is 9.46. The Morgan fingerprint density at radius 2 is 1.69 bits per heavy atom. The van der Waals surface area contributed by atoms with Gasteiger partial charge in [0, 0.05) is 35.2 Å². The second-order valence-electron chi connectivity index (χ2n) is 9.46. The summed E-state index contributed by atoms with van der Waals surface area (Å²) >= 11 is 0. The monoisotopic (exact) mass is 479 g/mol. The number of H-pyrrole nitrogens is 1. The summed E-state index contributed by atoms with van der Waals surface area (Å²) in [6, 6.07) is 24.9. The molecule has 1 aliphatic heterocycles. The first-order valence-corrected chi connectivity index (χ1v) is 12.3. The highest BCUT2D eigenvalue weighted by Crippen LogP contribution is 2.27. The van der Waals surface area contributed by atoms with E-state index in [9.17, 15) is 14.4 Å². The molecule has 1 atom stereocenters. The van der Waals surface area contributed by atoms with Gasteiger partial charge in [0.05, 0.1) is 6.42 Å². The van der Waals surface area contributed by atoms with E-state index in [4.69, 9.17) is 0 Å². The summed E-state index contributed by atoms with van der Waals surface area (Å²) in [5, 5.41) is 4.05. The van der Waals surface area contributed by atoms with Crippen LogP contribution in [0.5, 0.6) is 0 Å². The molecular formula is C30H29N3O3. The number of anilines is 1. The maximum atomic E-state index is 13.0. The fourth-order valence-corrected chi connectivity index (χ4v) is 4.90. The van der Waals surface area contributed by atoms with Crippen LogP contribution in [0.2, 0.25) is 0 Å². The Morgan fingerprint density at radius 1 is 0.917 bits per heavy atom. The predicted molar refractivity (Wildman–Crippen MR) is 142 cm³/mol. The van der Waals surface area contributed by atoms with Crippen molar-refractivity contribution < 1.29 is 14.4 Å². The lowest BCUT2D eigenvalue weighted by atomic mass is 10.1. The normalized spacial score (nSPS) is 15.2. The fourth-order valence-electron chi connectivity index (χ4n) is 4.90. The lowest BCUT2D eigenvalue weighted by molar-refractivity contribution is -0.136. The van der Waals surface area contributed by atoms with Crippen LogP contribution < -0.4 is 5.32 Å². The molecule has 0 aliphatic carbocycles. The van der Waals surface area contributed by atoms with Crippen molar-refractivity contribution in [2.75, 3.05) is 11.9 Å². The summed E-state index contributed by atoms with van der Waals surface area (Å²) in [6.45, 7) is 2.21. The molecule has 0 saturated carbocycles. The molecule has 2 amide bonds. The van der Waals surface area contributed by atoms with E-state index in [1.54, 1.807) is 11.8 Å². The van der Waals surface area contributed by atoms with E-state index in [1.165, 1.54) is 0 Å². The number of aromatic amines is 1. The van der Waals surface area contributed by atoms with Gasteiger partial charge in [-0.2, -0.15) is 0 Å². The van der Waals surface area contributed by atoms with Crippen molar-refractivity contribution in [2.24, 2.45) is 0 Å². The average Bonchev–Trinajstić information content (AvgIpc) is 3.52. The average molecular weight is 480 g/mol. The molecule has 1 fully saturated rings. The molecule has 1 aromatic heterocycles. The van der Waals surface area contributed by atoms with Gasteiger partial charge < -0.3 is 15.2 Å². The highest BCUT2D eigenvalue weighted by atomic mass is 16.2. The van der Waals surface area contributed by atoms with E-state index < -0.39 is 6.04 Å². The molecular weight excluding hydrogens is 450 g/mol. The molecule has 0 spiro atoms. The first-order chi connectivity index (χ1) is 17.5. The summed E-state index contributed by atoms with van der Waals surface area (Å²) in [6.07, 6.45) is 2.23. The maximum absolute atomic E-state index is 13.0. The Bertz CT molecular complexity index is 1410. The van der Waals surface area contributed by atoms with Crippen LogP contribution >= 0.6 is 0 Å². The van der Waals surface area contributed by atoms with Gasteiger partial charge in [0.2, 0.25) is 11.8 Å². The molecule has 1 aliphatic rings. The van der Waals surface area contributed by atoms with Gasteiger partial charge in [-0.05, 0) is 66.8 Å². The second kappa shape index (κ2) is 10.2. The van der Waals surface area contributed by atoms with Gasteiger partial charge in [-0.15, -0.1) is 0 Å². The molecule has 6 nitrogen and oxygen atoms in total. The molecule has 6 heteroatoms. The SMILES string of the molecule is CC(=O)Cc1ccc2[nH]c(-c3ccc(NC(=O)[C@@H]4CCCN4C(=O)Cc4ccccc4)cc3)cc2c1. The molecule has 0 unspecified atom stereocenters. The number of hydrogen-bond acceptors (Lipinski definition) is 3. The third kappa shape index (κ3) is 5.23. The standard InChI is InChI=1S/C30H29N3O3/c1-20(34)16-22-9-14-26-24(17-22)19-27(32-26)23-10-12-25(13-11-23)31-30(36)28-8-5-15-33(28)29(35)18-21-6-3-2-4-7-21/h2-4,6-7,9-14,17,19,28,32H,5,8,15-16,18H2,1H3,(H,31,36)/t28-/m0/s1. The number of benzene rings is 3. The number of nitrogens with one attached hydrogen (secondary N) is 2. The smallest absolute Gasteiger partial charge is 0.247 e. The van der Waals surface area contributed by atoms with E-state index in [-0.39, 0.29) is 17.6 Å². The summed E-state index contributed by atoms with van der Waals surface area (Å²) in [7, 11) is 0. The summed E-state index contributed by atoms with van der Waals surface area (Å²) < 4.78 is 0.